The van der Waals surface area contributed by atoms with E-state index >= 15 is 0 Å². The van der Waals surface area contributed by atoms with Gasteiger partial charge in [-0.25, -0.2) is 8.75 Å². The number of halogens is 1. The number of carbonyl (C=O) groups is 1. The minimum absolute atomic E-state index is 0.246. The molecule has 8 heteroatoms. The predicted molar refractivity (Wildman–Crippen MR) is 95.7 cm³/mol. The summed E-state index contributed by atoms with van der Waals surface area (Å²) >= 11 is 6.93. The summed E-state index contributed by atoms with van der Waals surface area (Å²) in [5.74, 6) is -0.345. The normalized spacial score (nSPS) is 10.5. The molecular weight excluding hydrogens is 348 g/mol. The monoisotopic (exact) mass is 360 g/mol. The Morgan fingerprint density at radius 3 is 2.50 bits per heavy atom. The van der Waals surface area contributed by atoms with E-state index in [1.807, 2.05) is 12.1 Å². The highest BCUT2D eigenvalue weighted by molar-refractivity contribution is 7.10. The molecule has 1 aromatic heterocycles. The largest absolute Gasteiger partial charge is 0.399 e. The molecule has 24 heavy (non-hydrogen) atoms. The van der Waals surface area contributed by atoms with E-state index < -0.39 is 5.69 Å². The minimum Gasteiger partial charge on any atom is -0.399 e. The number of nitrogen functional groups attached to an aromatic ring is 1. The number of anilines is 2. The summed E-state index contributed by atoms with van der Waals surface area (Å²) in [4.78, 5) is 27.9. The van der Waals surface area contributed by atoms with Gasteiger partial charge in [0.1, 0.15) is 0 Å². The molecule has 0 spiro atoms. The standard InChI is InChI=1S/C16H13ClN4O2S/c17-12-5-1-10(2-6-12)9-21-16(23)20-15(24-21)19-14(22)11-3-7-13(18)8-4-11/h1-8H,9,18H2,(H,19,20,22,23). The Kier molecular flexibility index (Phi) is 4.64. The summed E-state index contributed by atoms with van der Waals surface area (Å²) in [6.45, 7) is 0.366. The quantitative estimate of drug-likeness (QED) is 0.700. The van der Waals surface area contributed by atoms with Crippen LogP contribution in [0, 0.1) is 0 Å². The molecule has 0 saturated heterocycles. The Morgan fingerprint density at radius 2 is 1.83 bits per heavy atom. The van der Waals surface area contributed by atoms with Crippen molar-refractivity contribution >= 4 is 39.9 Å². The summed E-state index contributed by atoms with van der Waals surface area (Å²) in [7, 11) is 0. The third-order valence-electron chi connectivity index (χ3n) is 3.24. The van der Waals surface area contributed by atoms with E-state index in [0.29, 0.717) is 22.8 Å². The number of nitrogens with zero attached hydrogens (tertiary/aromatic N) is 2. The topological polar surface area (TPSA) is 90.0 Å². The van der Waals surface area contributed by atoms with Gasteiger partial charge in [0, 0.05) is 16.3 Å². The number of hydrogen-bond acceptors (Lipinski definition) is 5. The van der Waals surface area contributed by atoms with Crippen molar-refractivity contribution in [1.29, 1.82) is 0 Å². The van der Waals surface area contributed by atoms with Crippen LogP contribution >= 0.6 is 23.1 Å². The van der Waals surface area contributed by atoms with Gasteiger partial charge in [0.15, 0.2) is 0 Å². The van der Waals surface area contributed by atoms with Crippen molar-refractivity contribution in [3.05, 3.63) is 75.2 Å². The number of rotatable bonds is 4. The molecule has 0 bridgehead atoms. The van der Waals surface area contributed by atoms with Gasteiger partial charge in [0.05, 0.1) is 6.54 Å². The molecule has 0 atom stereocenters. The Balaban J connectivity index is 1.74. The third-order valence-corrected chi connectivity index (χ3v) is 4.36. The first-order valence-electron chi connectivity index (χ1n) is 7.01. The first-order chi connectivity index (χ1) is 11.5. The molecule has 1 amide bonds. The van der Waals surface area contributed by atoms with Crippen LogP contribution in [0.1, 0.15) is 15.9 Å². The molecule has 3 rings (SSSR count). The molecule has 2 aromatic carbocycles. The van der Waals surface area contributed by atoms with Gasteiger partial charge in [-0.3, -0.25) is 10.1 Å². The first kappa shape index (κ1) is 16.2. The second-order valence-electron chi connectivity index (χ2n) is 5.03. The van der Waals surface area contributed by atoms with E-state index in [2.05, 4.69) is 10.3 Å². The highest BCUT2D eigenvalue weighted by atomic mass is 35.5. The summed E-state index contributed by atoms with van der Waals surface area (Å²) in [6.07, 6.45) is 0. The van der Waals surface area contributed by atoms with Crippen molar-refractivity contribution in [3.8, 4) is 0 Å². The molecular formula is C16H13ClN4O2S. The predicted octanol–water partition coefficient (Wildman–Crippen LogP) is 2.84. The van der Waals surface area contributed by atoms with Crippen LogP contribution in [0.4, 0.5) is 10.8 Å². The zero-order valence-electron chi connectivity index (χ0n) is 12.4. The second-order valence-corrected chi connectivity index (χ2v) is 6.48. The lowest BCUT2D eigenvalue weighted by Crippen LogP contribution is -2.16. The molecule has 0 unspecified atom stereocenters. The van der Waals surface area contributed by atoms with Crippen LogP contribution in [0.15, 0.2) is 53.3 Å². The van der Waals surface area contributed by atoms with Crippen molar-refractivity contribution in [3.63, 3.8) is 0 Å². The maximum absolute atomic E-state index is 12.1. The number of aromatic nitrogens is 2. The molecule has 0 fully saturated rings. The lowest BCUT2D eigenvalue weighted by atomic mass is 10.2. The number of carbonyl (C=O) groups excluding carboxylic acids is 1. The van der Waals surface area contributed by atoms with E-state index in [1.165, 1.54) is 3.96 Å². The summed E-state index contributed by atoms with van der Waals surface area (Å²) in [5.41, 5.74) is 7.11. The maximum Gasteiger partial charge on any atom is 0.360 e. The van der Waals surface area contributed by atoms with Crippen molar-refractivity contribution in [2.24, 2.45) is 0 Å². The Morgan fingerprint density at radius 1 is 1.17 bits per heavy atom. The highest BCUT2D eigenvalue weighted by Crippen LogP contribution is 2.15. The van der Waals surface area contributed by atoms with Gasteiger partial charge in [-0.15, -0.1) is 0 Å². The lowest BCUT2D eigenvalue weighted by molar-refractivity contribution is 0.102. The Hall–Kier alpha value is -2.64. The van der Waals surface area contributed by atoms with Crippen molar-refractivity contribution < 1.29 is 4.79 Å². The van der Waals surface area contributed by atoms with Crippen LogP contribution in [0.3, 0.4) is 0 Å². The van der Waals surface area contributed by atoms with Crippen LogP contribution in [0.2, 0.25) is 5.02 Å². The fourth-order valence-electron chi connectivity index (χ4n) is 2.02. The van der Waals surface area contributed by atoms with Crippen molar-refractivity contribution in [2.75, 3.05) is 11.1 Å². The van der Waals surface area contributed by atoms with Crippen molar-refractivity contribution in [1.82, 2.24) is 8.94 Å². The van der Waals surface area contributed by atoms with Gasteiger partial charge in [0.2, 0.25) is 5.13 Å². The van der Waals surface area contributed by atoms with Crippen molar-refractivity contribution in [2.45, 2.75) is 6.54 Å². The Labute approximate surface area is 146 Å². The molecule has 122 valence electrons. The number of nitrogens with two attached hydrogens (primary N) is 1. The molecule has 0 saturated carbocycles. The number of amides is 1. The fraction of sp³-hybridized carbons (Fsp3) is 0.0625. The molecule has 3 aromatic rings. The smallest absolute Gasteiger partial charge is 0.360 e. The van der Waals surface area contributed by atoms with Crippen LogP contribution in [-0.4, -0.2) is 14.8 Å². The van der Waals surface area contributed by atoms with Crippen LogP contribution in [-0.2, 0) is 6.54 Å². The molecule has 3 N–H and O–H groups in total. The molecule has 0 aliphatic carbocycles. The van der Waals surface area contributed by atoms with Crippen LogP contribution in [0.25, 0.3) is 0 Å². The third kappa shape index (κ3) is 3.81. The maximum atomic E-state index is 12.1. The molecule has 6 nitrogen and oxygen atoms in total. The second kappa shape index (κ2) is 6.86. The van der Waals surface area contributed by atoms with Gasteiger partial charge in [0.25, 0.3) is 5.91 Å². The first-order valence-corrected chi connectivity index (χ1v) is 8.16. The SMILES string of the molecule is Nc1ccc(C(=O)Nc2nc(=O)n(Cc3ccc(Cl)cc3)s2)cc1. The highest BCUT2D eigenvalue weighted by Gasteiger charge is 2.11. The molecule has 0 radical (unpaired) electrons. The van der Waals surface area contributed by atoms with E-state index in [9.17, 15) is 9.59 Å². The van der Waals surface area contributed by atoms with Gasteiger partial charge in [-0.1, -0.05) is 23.7 Å². The van der Waals surface area contributed by atoms with Crippen LogP contribution < -0.4 is 16.7 Å². The zero-order chi connectivity index (χ0) is 17.1. The summed E-state index contributed by atoms with van der Waals surface area (Å²) in [5, 5.41) is 3.50. The average molecular weight is 361 g/mol. The van der Waals surface area contributed by atoms with Gasteiger partial charge >= 0.3 is 5.69 Å². The summed E-state index contributed by atoms with van der Waals surface area (Å²) < 4.78 is 1.46. The van der Waals surface area contributed by atoms with Gasteiger partial charge in [-0.2, -0.15) is 4.98 Å². The fourth-order valence-corrected chi connectivity index (χ4v) is 2.94. The van der Waals surface area contributed by atoms with E-state index in [0.717, 1.165) is 17.1 Å². The summed E-state index contributed by atoms with van der Waals surface area (Å²) in [6, 6.07) is 13.7. The van der Waals surface area contributed by atoms with Gasteiger partial charge < -0.3 is 5.73 Å². The lowest BCUT2D eigenvalue weighted by Gasteiger charge is -2.02. The molecule has 0 aliphatic heterocycles. The van der Waals surface area contributed by atoms with E-state index in [-0.39, 0.29) is 11.0 Å². The van der Waals surface area contributed by atoms with Crippen LogP contribution in [0.5, 0.6) is 0 Å². The van der Waals surface area contributed by atoms with E-state index in [4.69, 9.17) is 17.3 Å². The van der Waals surface area contributed by atoms with E-state index in [1.54, 1.807) is 36.4 Å². The number of benzene rings is 2. The Bertz CT molecular complexity index is 917. The van der Waals surface area contributed by atoms with Gasteiger partial charge in [-0.05, 0) is 53.5 Å². The zero-order valence-corrected chi connectivity index (χ0v) is 14.0. The molecule has 0 aliphatic rings. The average Bonchev–Trinajstić information content (AvgIpc) is 2.89. The minimum atomic E-state index is -0.414. The molecule has 1 heterocycles. The number of nitrogens with one attached hydrogen (secondary N) is 1. The number of hydrogen-bond donors (Lipinski definition) is 2.